The largest absolute Gasteiger partial charge is 0.337 e. The van der Waals surface area contributed by atoms with Gasteiger partial charge in [-0.3, -0.25) is 9.58 Å². The summed E-state index contributed by atoms with van der Waals surface area (Å²) in [5.74, 6) is 1.95. The van der Waals surface area contributed by atoms with Crippen LogP contribution in [0.15, 0.2) is 34.7 Å². The first kappa shape index (κ1) is 15.5. The van der Waals surface area contributed by atoms with Gasteiger partial charge in [-0.1, -0.05) is 11.2 Å². The van der Waals surface area contributed by atoms with Crippen LogP contribution in [0.4, 0.5) is 0 Å². The van der Waals surface area contributed by atoms with Gasteiger partial charge in [0.05, 0.1) is 10.9 Å². The van der Waals surface area contributed by atoms with Crippen molar-refractivity contribution >= 4 is 11.3 Å². The normalized spacial score (nSPS) is 20.3. The molecule has 0 aromatic carbocycles. The number of likely N-dealkylation sites (tertiary alicyclic amines) is 1. The highest BCUT2D eigenvalue weighted by Crippen LogP contribution is 2.28. The molecule has 1 aliphatic heterocycles. The first-order valence-corrected chi connectivity index (χ1v) is 9.11. The van der Waals surface area contributed by atoms with Crippen LogP contribution in [0.3, 0.4) is 0 Å². The molecule has 1 saturated heterocycles. The van der Waals surface area contributed by atoms with Crippen molar-refractivity contribution in [1.29, 1.82) is 0 Å². The second-order valence-electron chi connectivity index (χ2n) is 6.23. The van der Waals surface area contributed by atoms with Crippen molar-refractivity contribution in [2.24, 2.45) is 5.92 Å². The summed E-state index contributed by atoms with van der Waals surface area (Å²) in [6, 6.07) is 4.14. The molecular formula is C16H20N6OS. The van der Waals surface area contributed by atoms with Crippen LogP contribution >= 0.6 is 11.3 Å². The smallest absolute Gasteiger partial charge is 0.244 e. The second-order valence-corrected chi connectivity index (χ2v) is 7.18. The van der Waals surface area contributed by atoms with E-state index in [1.807, 2.05) is 22.2 Å². The zero-order valence-corrected chi connectivity index (χ0v) is 14.4. The van der Waals surface area contributed by atoms with E-state index in [1.54, 1.807) is 24.0 Å². The van der Waals surface area contributed by atoms with Crippen molar-refractivity contribution in [2.75, 3.05) is 13.1 Å². The van der Waals surface area contributed by atoms with Gasteiger partial charge < -0.3 is 4.52 Å². The van der Waals surface area contributed by atoms with E-state index < -0.39 is 0 Å². The fourth-order valence-electron chi connectivity index (χ4n) is 3.26. The Morgan fingerprint density at radius 1 is 1.46 bits per heavy atom. The lowest BCUT2D eigenvalue weighted by molar-refractivity contribution is 0.102. The van der Waals surface area contributed by atoms with E-state index in [2.05, 4.69) is 32.0 Å². The Balaban J connectivity index is 1.43. The molecular weight excluding hydrogens is 324 g/mol. The molecule has 2 atom stereocenters. The first-order valence-electron chi connectivity index (χ1n) is 8.23. The third-order valence-electron chi connectivity index (χ3n) is 4.55. The molecule has 0 amide bonds. The molecule has 0 spiro atoms. The molecule has 1 fully saturated rings. The summed E-state index contributed by atoms with van der Waals surface area (Å²) in [5, 5.41) is 10.4. The Morgan fingerprint density at radius 3 is 3.21 bits per heavy atom. The SMILES string of the molecule is C[C@@H](c1nc(-c2cccs2)no1)N1CCC[C@@H](Cn2cncn2)C1. The van der Waals surface area contributed by atoms with E-state index >= 15 is 0 Å². The van der Waals surface area contributed by atoms with E-state index in [0.29, 0.717) is 17.6 Å². The van der Waals surface area contributed by atoms with E-state index in [-0.39, 0.29) is 6.04 Å². The maximum absolute atomic E-state index is 5.52. The Morgan fingerprint density at radius 2 is 2.42 bits per heavy atom. The first-order chi connectivity index (χ1) is 11.8. The Bertz CT molecular complexity index is 753. The number of hydrogen-bond donors (Lipinski definition) is 0. The zero-order valence-electron chi connectivity index (χ0n) is 13.6. The molecule has 0 aliphatic carbocycles. The minimum Gasteiger partial charge on any atom is -0.337 e. The molecule has 4 heterocycles. The van der Waals surface area contributed by atoms with Crippen LogP contribution in [0.25, 0.3) is 10.7 Å². The predicted octanol–water partition coefficient (Wildman–Crippen LogP) is 2.86. The third-order valence-corrected chi connectivity index (χ3v) is 5.42. The highest BCUT2D eigenvalue weighted by atomic mass is 32.1. The summed E-state index contributed by atoms with van der Waals surface area (Å²) < 4.78 is 7.44. The minimum absolute atomic E-state index is 0.129. The molecule has 3 aromatic rings. The van der Waals surface area contributed by atoms with Crippen molar-refractivity contribution in [2.45, 2.75) is 32.4 Å². The van der Waals surface area contributed by atoms with Gasteiger partial charge in [-0.2, -0.15) is 10.1 Å². The summed E-state index contributed by atoms with van der Waals surface area (Å²) in [6.07, 6.45) is 5.77. The van der Waals surface area contributed by atoms with Crippen molar-refractivity contribution in [3.05, 3.63) is 36.1 Å². The molecule has 126 valence electrons. The molecule has 24 heavy (non-hydrogen) atoms. The van der Waals surface area contributed by atoms with Crippen LogP contribution in [0, 0.1) is 5.92 Å². The van der Waals surface area contributed by atoms with Crippen molar-refractivity contribution < 1.29 is 4.52 Å². The predicted molar refractivity (Wildman–Crippen MR) is 90.3 cm³/mol. The van der Waals surface area contributed by atoms with E-state index in [4.69, 9.17) is 4.52 Å². The topological polar surface area (TPSA) is 72.9 Å². The van der Waals surface area contributed by atoms with Gasteiger partial charge in [0.2, 0.25) is 11.7 Å². The van der Waals surface area contributed by atoms with Gasteiger partial charge in [0, 0.05) is 13.1 Å². The molecule has 0 radical (unpaired) electrons. The fraction of sp³-hybridized carbons (Fsp3) is 0.500. The van der Waals surface area contributed by atoms with Crippen molar-refractivity contribution in [3.63, 3.8) is 0 Å². The summed E-state index contributed by atoms with van der Waals surface area (Å²) in [4.78, 5) is 12.1. The number of piperidine rings is 1. The highest BCUT2D eigenvalue weighted by Gasteiger charge is 2.28. The van der Waals surface area contributed by atoms with Crippen LogP contribution in [0.1, 0.15) is 31.7 Å². The molecule has 1 aliphatic rings. The molecule has 0 bridgehead atoms. The van der Waals surface area contributed by atoms with Crippen LogP contribution in [-0.2, 0) is 6.54 Å². The lowest BCUT2D eigenvalue weighted by Gasteiger charge is -2.35. The summed E-state index contributed by atoms with van der Waals surface area (Å²) in [5.41, 5.74) is 0. The Labute approximate surface area is 144 Å². The quantitative estimate of drug-likeness (QED) is 0.709. The van der Waals surface area contributed by atoms with Gasteiger partial charge >= 0.3 is 0 Å². The molecule has 7 nitrogen and oxygen atoms in total. The number of aromatic nitrogens is 5. The van der Waals surface area contributed by atoms with Crippen molar-refractivity contribution in [1.82, 2.24) is 29.8 Å². The Kier molecular flexibility index (Phi) is 4.40. The Hall–Kier alpha value is -2.06. The highest BCUT2D eigenvalue weighted by molar-refractivity contribution is 7.13. The van der Waals surface area contributed by atoms with Crippen LogP contribution in [0.5, 0.6) is 0 Å². The van der Waals surface area contributed by atoms with Gasteiger partial charge in [0.25, 0.3) is 0 Å². The van der Waals surface area contributed by atoms with Gasteiger partial charge in [-0.05, 0) is 43.7 Å². The van der Waals surface area contributed by atoms with Gasteiger partial charge in [-0.25, -0.2) is 4.98 Å². The number of rotatable bonds is 5. The van der Waals surface area contributed by atoms with Crippen LogP contribution in [0.2, 0.25) is 0 Å². The summed E-state index contributed by atoms with van der Waals surface area (Å²) in [7, 11) is 0. The van der Waals surface area contributed by atoms with E-state index in [1.165, 1.54) is 12.8 Å². The van der Waals surface area contributed by atoms with Crippen LogP contribution < -0.4 is 0 Å². The van der Waals surface area contributed by atoms with Gasteiger partial charge in [0.15, 0.2) is 0 Å². The molecule has 0 N–H and O–H groups in total. The fourth-order valence-corrected chi connectivity index (χ4v) is 3.91. The molecule has 3 aromatic heterocycles. The third kappa shape index (κ3) is 3.25. The molecule has 0 saturated carbocycles. The zero-order chi connectivity index (χ0) is 16.4. The van der Waals surface area contributed by atoms with E-state index in [9.17, 15) is 0 Å². The van der Waals surface area contributed by atoms with Crippen molar-refractivity contribution in [3.8, 4) is 10.7 Å². The van der Waals surface area contributed by atoms with E-state index in [0.717, 1.165) is 24.5 Å². The summed E-state index contributed by atoms with van der Waals surface area (Å²) in [6.45, 7) is 5.13. The lowest BCUT2D eigenvalue weighted by Crippen LogP contribution is -2.38. The maximum atomic E-state index is 5.52. The molecule has 4 rings (SSSR count). The average molecular weight is 344 g/mol. The minimum atomic E-state index is 0.129. The number of thiophene rings is 1. The van der Waals surface area contributed by atoms with Gasteiger partial charge in [0.1, 0.15) is 12.7 Å². The molecule has 0 unspecified atom stereocenters. The van der Waals surface area contributed by atoms with Gasteiger partial charge in [-0.15, -0.1) is 11.3 Å². The number of hydrogen-bond acceptors (Lipinski definition) is 7. The monoisotopic (exact) mass is 344 g/mol. The second kappa shape index (κ2) is 6.82. The average Bonchev–Trinajstić information content (AvgIpc) is 3.35. The summed E-state index contributed by atoms with van der Waals surface area (Å²) >= 11 is 1.62. The van der Waals surface area contributed by atoms with Crippen LogP contribution in [-0.4, -0.2) is 42.9 Å². The number of nitrogens with zero attached hydrogens (tertiary/aromatic N) is 6. The maximum Gasteiger partial charge on any atom is 0.244 e. The standard InChI is InChI=1S/C16H20N6OS/c1-12(16-19-15(20-23-16)14-5-3-7-24-14)21-6-2-4-13(8-21)9-22-11-17-10-18-22/h3,5,7,10-13H,2,4,6,8-9H2,1H3/t12-,13+/m0/s1. The molecule has 8 heteroatoms. The lowest BCUT2D eigenvalue weighted by atomic mass is 9.97.